The van der Waals surface area contributed by atoms with Crippen molar-refractivity contribution >= 4 is 9.84 Å². The van der Waals surface area contributed by atoms with Crippen molar-refractivity contribution < 1.29 is 8.42 Å². The average molecular weight is 256 g/mol. The summed E-state index contributed by atoms with van der Waals surface area (Å²) < 4.78 is 22.9. The molecule has 0 aromatic carbocycles. The van der Waals surface area contributed by atoms with E-state index in [0.29, 0.717) is 19.5 Å². The second kappa shape index (κ2) is 6.71. The zero-order valence-electron chi connectivity index (χ0n) is 10.4. The van der Waals surface area contributed by atoms with E-state index < -0.39 is 9.84 Å². The predicted octanol–water partition coefficient (Wildman–Crippen LogP) is 1.30. The van der Waals surface area contributed by atoms with Crippen molar-refractivity contribution in [3.05, 3.63) is 29.6 Å². The number of aromatic nitrogens is 1. The van der Waals surface area contributed by atoms with Crippen LogP contribution < -0.4 is 5.32 Å². The highest BCUT2D eigenvalue weighted by molar-refractivity contribution is 7.91. The van der Waals surface area contributed by atoms with Gasteiger partial charge in [-0.15, -0.1) is 0 Å². The topological polar surface area (TPSA) is 59.1 Å². The molecule has 0 spiro atoms. The first kappa shape index (κ1) is 14.1. The van der Waals surface area contributed by atoms with Crippen LogP contribution in [0.15, 0.2) is 18.5 Å². The standard InChI is InChI=1S/C12H20N2O2S/c1-3-7-17(15,16)8-6-14-10-12-4-5-13-9-11(12)2/h4-5,9,14H,3,6-8,10H2,1-2H3. The predicted molar refractivity (Wildman–Crippen MR) is 69.6 cm³/mol. The molecule has 0 saturated carbocycles. The number of hydrogen-bond acceptors (Lipinski definition) is 4. The molecule has 5 heteroatoms. The van der Waals surface area contributed by atoms with Gasteiger partial charge in [0, 0.05) is 31.2 Å². The number of hydrogen-bond donors (Lipinski definition) is 1. The molecule has 1 aromatic heterocycles. The quantitative estimate of drug-likeness (QED) is 0.747. The molecule has 4 nitrogen and oxygen atoms in total. The van der Waals surface area contributed by atoms with E-state index in [-0.39, 0.29) is 11.5 Å². The zero-order valence-corrected chi connectivity index (χ0v) is 11.3. The first-order valence-corrected chi connectivity index (χ1v) is 7.68. The summed E-state index contributed by atoms with van der Waals surface area (Å²) in [6, 6.07) is 1.95. The Morgan fingerprint density at radius 3 is 2.76 bits per heavy atom. The van der Waals surface area contributed by atoms with Crippen LogP contribution in [0.5, 0.6) is 0 Å². The van der Waals surface area contributed by atoms with E-state index in [9.17, 15) is 8.42 Å². The van der Waals surface area contributed by atoms with Gasteiger partial charge in [-0.2, -0.15) is 0 Å². The summed E-state index contributed by atoms with van der Waals surface area (Å²) in [6.45, 7) is 5.07. The van der Waals surface area contributed by atoms with Gasteiger partial charge in [0.2, 0.25) is 0 Å². The van der Waals surface area contributed by atoms with Crippen molar-refractivity contribution in [1.29, 1.82) is 0 Å². The summed E-state index contributed by atoms with van der Waals surface area (Å²) in [4.78, 5) is 4.01. The molecule has 0 atom stereocenters. The SMILES string of the molecule is CCCS(=O)(=O)CCNCc1ccncc1C. The molecule has 0 aliphatic rings. The molecule has 0 unspecified atom stereocenters. The molecule has 0 fully saturated rings. The van der Waals surface area contributed by atoms with Crippen LogP contribution in [-0.4, -0.2) is 31.5 Å². The van der Waals surface area contributed by atoms with Crippen molar-refractivity contribution in [3.63, 3.8) is 0 Å². The molecule has 17 heavy (non-hydrogen) atoms. The molecule has 0 radical (unpaired) electrons. The molecule has 1 rings (SSSR count). The minimum Gasteiger partial charge on any atom is -0.312 e. The van der Waals surface area contributed by atoms with E-state index in [4.69, 9.17) is 0 Å². The Hall–Kier alpha value is -0.940. The molecule has 96 valence electrons. The Labute approximate surface area is 103 Å². The number of aryl methyl sites for hydroxylation is 1. The largest absolute Gasteiger partial charge is 0.312 e. The maximum absolute atomic E-state index is 11.5. The number of nitrogens with one attached hydrogen (secondary N) is 1. The first-order chi connectivity index (χ1) is 8.05. The molecular weight excluding hydrogens is 236 g/mol. The van der Waals surface area contributed by atoms with Crippen LogP contribution in [0.1, 0.15) is 24.5 Å². The van der Waals surface area contributed by atoms with Crippen molar-refractivity contribution in [1.82, 2.24) is 10.3 Å². The van der Waals surface area contributed by atoms with E-state index in [0.717, 1.165) is 11.1 Å². The highest BCUT2D eigenvalue weighted by Gasteiger charge is 2.08. The zero-order chi connectivity index (χ0) is 12.7. The third-order valence-electron chi connectivity index (χ3n) is 2.56. The number of nitrogens with zero attached hydrogens (tertiary/aromatic N) is 1. The van der Waals surface area contributed by atoms with Crippen LogP contribution in [0.2, 0.25) is 0 Å². The van der Waals surface area contributed by atoms with Gasteiger partial charge in [-0.25, -0.2) is 8.42 Å². The molecule has 1 heterocycles. The maximum Gasteiger partial charge on any atom is 0.151 e. The Morgan fingerprint density at radius 1 is 1.35 bits per heavy atom. The molecule has 0 amide bonds. The van der Waals surface area contributed by atoms with Crippen molar-refractivity contribution in [2.45, 2.75) is 26.8 Å². The van der Waals surface area contributed by atoms with Crippen LogP contribution in [0.25, 0.3) is 0 Å². The lowest BCUT2D eigenvalue weighted by Gasteiger charge is -2.07. The van der Waals surface area contributed by atoms with Crippen molar-refractivity contribution in [2.24, 2.45) is 0 Å². The van der Waals surface area contributed by atoms with Crippen LogP contribution in [0.3, 0.4) is 0 Å². The van der Waals surface area contributed by atoms with Crippen molar-refractivity contribution in [2.75, 3.05) is 18.1 Å². The Bertz CT molecular complexity index is 444. The highest BCUT2D eigenvalue weighted by atomic mass is 32.2. The summed E-state index contributed by atoms with van der Waals surface area (Å²) in [6.07, 6.45) is 4.24. The minimum atomic E-state index is -2.87. The first-order valence-electron chi connectivity index (χ1n) is 5.86. The van der Waals surface area contributed by atoms with Gasteiger partial charge < -0.3 is 5.32 Å². The average Bonchev–Trinajstić information content (AvgIpc) is 2.26. The fourth-order valence-electron chi connectivity index (χ4n) is 1.56. The van der Waals surface area contributed by atoms with Gasteiger partial charge in [0.15, 0.2) is 9.84 Å². The number of pyridine rings is 1. The Balaban J connectivity index is 2.32. The van der Waals surface area contributed by atoms with Crippen LogP contribution in [-0.2, 0) is 16.4 Å². The third-order valence-corrected chi connectivity index (χ3v) is 4.41. The van der Waals surface area contributed by atoms with E-state index in [1.54, 1.807) is 6.20 Å². The smallest absolute Gasteiger partial charge is 0.151 e. The monoisotopic (exact) mass is 256 g/mol. The minimum absolute atomic E-state index is 0.213. The summed E-state index contributed by atoms with van der Waals surface area (Å²) in [5.41, 5.74) is 2.28. The molecule has 0 bridgehead atoms. The van der Waals surface area contributed by atoms with Crippen molar-refractivity contribution in [3.8, 4) is 0 Å². The Kier molecular flexibility index (Phi) is 5.58. The summed E-state index contributed by atoms with van der Waals surface area (Å²) in [5, 5.41) is 3.15. The second-order valence-corrected chi connectivity index (χ2v) is 6.43. The lowest BCUT2D eigenvalue weighted by atomic mass is 10.1. The van der Waals surface area contributed by atoms with E-state index in [1.165, 1.54) is 0 Å². The van der Waals surface area contributed by atoms with Crippen LogP contribution in [0, 0.1) is 6.92 Å². The lowest BCUT2D eigenvalue weighted by molar-refractivity contribution is 0.589. The second-order valence-electron chi connectivity index (χ2n) is 4.13. The molecule has 0 aliphatic carbocycles. The summed E-state index contributed by atoms with van der Waals surface area (Å²) >= 11 is 0. The number of rotatable bonds is 7. The normalized spacial score (nSPS) is 11.6. The maximum atomic E-state index is 11.5. The van der Waals surface area contributed by atoms with Gasteiger partial charge in [0.1, 0.15) is 0 Å². The number of sulfone groups is 1. The highest BCUT2D eigenvalue weighted by Crippen LogP contribution is 2.03. The van der Waals surface area contributed by atoms with Crippen LogP contribution in [0.4, 0.5) is 0 Å². The molecule has 1 N–H and O–H groups in total. The summed E-state index contributed by atoms with van der Waals surface area (Å²) in [7, 11) is -2.87. The lowest BCUT2D eigenvalue weighted by Crippen LogP contribution is -2.24. The Morgan fingerprint density at radius 2 is 2.12 bits per heavy atom. The van der Waals surface area contributed by atoms with Crippen LogP contribution >= 0.6 is 0 Å². The fraction of sp³-hybridized carbons (Fsp3) is 0.583. The van der Waals surface area contributed by atoms with Gasteiger partial charge in [-0.1, -0.05) is 6.92 Å². The molecule has 0 aliphatic heterocycles. The molecular formula is C12H20N2O2S. The fourth-order valence-corrected chi connectivity index (χ4v) is 2.85. The van der Waals surface area contributed by atoms with E-state index >= 15 is 0 Å². The van der Waals surface area contributed by atoms with E-state index in [2.05, 4.69) is 10.3 Å². The van der Waals surface area contributed by atoms with Gasteiger partial charge >= 0.3 is 0 Å². The van der Waals surface area contributed by atoms with Gasteiger partial charge in [-0.3, -0.25) is 4.98 Å². The summed E-state index contributed by atoms with van der Waals surface area (Å²) in [5.74, 6) is 0.494. The third kappa shape index (κ3) is 5.28. The molecule has 1 aromatic rings. The van der Waals surface area contributed by atoms with Gasteiger partial charge in [0.25, 0.3) is 0 Å². The van der Waals surface area contributed by atoms with Gasteiger partial charge in [-0.05, 0) is 30.5 Å². The van der Waals surface area contributed by atoms with E-state index in [1.807, 2.05) is 26.1 Å². The van der Waals surface area contributed by atoms with Gasteiger partial charge in [0.05, 0.1) is 5.75 Å². The molecule has 0 saturated heterocycles.